The van der Waals surface area contributed by atoms with Crippen LogP contribution in [0, 0.1) is 0 Å². The highest BCUT2D eigenvalue weighted by atomic mass is 16.3. The molecule has 1 aromatic carbocycles. The third-order valence-electron chi connectivity index (χ3n) is 2.06. The SMILES string of the molecule is O=Cc1ccoc1C(=O)c1ccccc1. The smallest absolute Gasteiger partial charge is 0.228 e. The van der Waals surface area contributed by atoms with Crippen molar-refractivity contribution in [3.05, 3.63) is 59.5 Å². The molecule has 0 bridgehead atoms. The lowest BCUT2D eigenvalue weighted by atomic mass is 10.1. The fourth-order valence-electron chi connectivity index (χ4n) is 1.32. The highest BCUT2D eigenvalue weighted by Gasteiger charge is 2.16. The molecule has 0 saturated carbocycles. The van der Waals surface area contributed by atoms with E-state index in [0.717, 1.165) is 0 Å². The molecule has 0 amide bonds. The van der Waals surface area contributed by atoms with Crippen molar-refractivity contribution in [3.63, 3.8) is 0 Å². The molecule has 0 radical (unpaired) electrons. The van der Waals surface area contributed by atoms with Gasteiger partial charge in [0.05, 0.1) is 11.8 Å². The molecule has 0 spiro atoms. The third kappa shape index (κ3) is 1.72. The zero-order valence-electron chi connectivity index (χ0n) is 7.84. The van der Waals surface area contributed by atoms with Crippen LogP contribution in [0.5, 0.6) is 0 Å². The zero-order chi connectivity index (χ0) is 10.7. The standard InChI is InChI=1S/C12H8O3/c13-8-10-6-7-15-12(10)11(14)9-4-2-1-3-5-9/h1-8H. The lowest BCUT2D eigenvalue weighted by Crippen LogP contribution is -2.02. The van der Waals surface area contributed by atoms with E-state index in [4.69, 9.17) is 4.42 Å². The number of hydrogen-bond acceptors (Lipinski definition) is 3. The molecule has 2 aromatic rings. The predicted molar refractivity (Wildman–Crippen MR) is 54.0 cm³/mol. The van der Waals surface area contributed by atoms with Crippen molar-refractivity contribution in [1.82, 2.24) is 0 Å². The second-order valence-corrected chi connectivity index (χ2v) is 3.02. The van der Waals surface area contributed by atoms with Gasteiger partial charge in [0.2, 0.25) is 5.78 Å². The summed E-state index contributed by atoms with van der Waals surface area (Å²) in [6.07, 6.45) is 1.94. The molecule has 74 valence electrons. The lowest BCUT2D eigenvalue weighted by molar-refractivity contribution is 0.1000. The Morgan fingerprint density at radius 2 is 1.87 bits per heavy atom. The van der Waals surface area contributed by atoms with Gasteiger partial charge in [0.15, 0.2) is 12.0 Å². The van der Waals surface area contributed by atoms with Crippen molar-refractivity contribution in [3.8, 4) is 0 Å². The van der Waals surface area contributed by atoms with Crippen LogP contribution in [0.4, 0.5) is 0 Å². The summed E-state index contributed by atoms with van der Waals surface area (Å²) in [4.78, 5) is 22.4. The van der Waals surface area contributed by atoms with E-state index in [9.17, 15) is 9.59 Å². The Kier molecular flexibility index (Phi) is 2.46. The Bertz CT molecular complexity index is 483. The van der Waals surface area contributed by atoms with Crippen molar-refractivity contribution in [2.45, 2.75) is 0 Å². The first-order valence-electron chi connectivity index (χ1n) is 4.45. The summed E-state index contributed by atoms with van der Waals surface area (Å²) in [5.74, 6) is -0.182. The van der Waals surface area contributed by atoms with E-state index >= 15 is 0 Å². The first kappa shape index (κ1) is 9.40. The molecule has 0 aliphatic carbocycles. The van der Waals surface area contributed by atoms with Crippen LogP contribution in [-0.2, 0) is 0 Å². The van der Waals surface area contributed by atoms with E-state index in [1.165, 1.54) is 12.3 Å². The van der Waals surface area contributed by atoms with Gasteiger partial charge in [-0.3, -0.25) is 9.59 Å². The molecule has 0 atom stereocenters. The molecular weight excluding hydrogens is 192 g/mol. The van der Waals surface area contributed by atoms with Crippen molar-refractivity contribution in [1.29, 1.82) is 0 Å². The Morgan fingerprint density at radius 3 is 2.53 bits per heavy atom. The molecule has 1 heterocycles. The Labute approximate surface area is 86.3 Å². The van der Waals surface area contributed by atoms with Gasteiger partial charge in [0, 0.05) is 5.56 Å². The van der Waals surface area contributed by atoms with Gasteiger partial charge in [-0.2, -0.15) is 0 Å². The quantitative estimate of drug-likeness (QED) is 0.564. The van der Waals surface area contributed by atoms with Gasteiger partial charge in [-0.25, -0.2) is 0 Å². The number of hydrogen-bond donors (Lipinski definition) is 0. The number of carbonyl (C=O) groups is 2. The molecule has 0 aliphatic rings. The van der Waals surface area contributed by atoms with E-state index in [2.05, 4.69) is 0 Å². The maximum atomic E-state index is 11.8. The summed E-state index contributed by atoms with van der Waals surface area (Å²) in [6.45, 7) is 0. The first-order chi connectivity index (χ1) is 7.33. The number of ketones is 1. The van der Waals surface area contributed by atoms with E-state index in [-0.39, 0.29) is 17.1 Å². The summed E-state index contributed by atoms with van der Waals surface area (Å²) in [5, 5.41) is 0. The molecule has 0 fully saturated rings. The molecule has 0 aliphatic heterocycles. The van der Waals surface area contributed by atoms with Crippen LogP contribution < -0.4 is 0 Å². The molecule has 0 N–H and O–H groups in total. The highest BCUT2D eigenvalue weighted by molar-refractivity contribution is 6.10. The van der Waals surface area contributed by atoms with Gasteiger partial charge in [-0.05, 0) is 6.07 Å². The maximum absolute atomic E-state index is 11.8. The fourth-order valence-corrected chi connectivity index (χ4v) is 1.32. The second kappa shape index (κ2) is 3.92. The van der Waals surface area contributed by atoms with Gasteiger partial charge in [0.1, 0.15) is 0 Å². The Hall–Kier alpha value is -2.16. The van der Waals surface area contributed by atoms with Crippen LogP contribution in [-0.4, -0.2) is 12.1 Å². The summed E-state index contributed by atoms with van der Waals surface area (Å²) in [5.41, 5.74) is 0.791. The largest absolute Gasteiger partial charge is 0.460 e. The van der Waals surface area contributed by atoms with Crippen LogP contribution in [0.1, 0.15) is 26.5 Å². The minimum Gasteiger partial charge on any atom is -0.460 e. The van der Waals surface area contributed by atoms with E-state index in [1.807, 2.05) is 6.07 Å². The van der Waals surface area contributed by atoms with E-state index in [0.29, 0.717) is 11.8 Å². The minimum atomic E-state index is -0.275. The fraction of sp³-hybridized carbons (Fsp3) is 0. The molecule has 0 saturated heterocycles. The van der Waals surface area contributed by atoms with Crippen molar-refractivity contribution in [2.24, 2.45) is 0 Å². The molecule has 1 aromatic heterocycles. The molecule has 15 heavy (non-hydrogen) atoms. The first-order valence-corrected chi connectivity index (χ1v) is 4.45. The average Bonchev–Trinajstić information content (AvgIpc) is 2.77. The summed E-state index contributed by atoms with van der Waals surface area (Å²) in [7, 11) is 0. The highest BCUT2D eigenvalue weighted by Crippen LogP contribution is 2.13. The monoisotopic (exact) mass is 200 g/mol. The Morgan fingerprint density at radius 1 is 1.13 bits per heavy atom. The summed E-state index contributed by atoms with van der Waals surface area (Å²) < 4.78 is 4.99. The van der Waals surface area contributed by atoms with Crippen molar-refractivity contribution in [2.75, 3.05) is 0 Å². The number of carbonyl (C=O) groups excluding carboxylic acids is 2. The molecule has 0 unspecified atom stereocenters. The number of rotatable bonds is 3. The number of aldehydes is 1. The van der Waals surface area contributed by atoms with E-state index in [1.54, 1.807) is 24.3 Å². The Balaban J connectivity index is 2.41. The van der Waals surface area contributed by atoms with E-state index < -0.39 is 0 Å². The van der Waals surface area contributed by atoms with Gasteiger partial charge in [-0.15, -0.1) is 0 Å². The third-order valence-corrected chi connectivity index (χ3v) is 2.06. The topological polar surface area (TPSA) is 47.3 Å². The average molecular weight is 200 g/mol. The maximum Gasteiger partial charge on any atom is 0.228 e. The summed E-state index contributed by atoms with van der Waals surface area (Å²) in [6, 6.07) is 10.2. The predicted octanol–water partition coefficient (Wildman–Crippen LogP) is 2.32. The van der Waals surface area contributed by atoms with Crippen LogP contribution in [0.3, 0.4) is 0 Å². The number of benzene rings is 1. The summed E-state index contributed by atoms with van der Waals surface area (Å²) >= 11 is 0. The van der Waals surface area contributed by atoms with Crippen molar-refractivity contribution >= 4 is 12.1 Å². The van der Waals surface area contributed by atoms with Crippen molar-refractivity contribution < 1.29 is 14.0 Å². The van der Waals surface area contributed by atoms with Crippen LogP contribution in [0.25, 0.3) is 0 Å². The number of furan rings is 1. The zero-order valence-corrected chi connectivity index (χ0v) is 7.84. The molecule has 3 heteroatoms. The van der Waals surface area contributed by atoms with Gasteiger partial charge in [0.25, 0.3) is 0 Å². The van der Waals surface area contributed by atoms with Gasteiger partial charge < -0.3 is 4.42 Å². The lowest BCUT2D eigenvalue weighted by Gasteiger charge is -1.97. The molecule has 2 rings (SSSR count). The van der Waals surface area contributed by atoms with Crippen LogP contribution in [0.15, 0.2) is 47.1 Å². The second-order valence-electron chi connectivity index (χ2n) is 3.02. The molecule has 3 nitrogen and oxygen atoms in total. The van der Waals surface area contributed by atoms with Crippen LogP contribution >= 0.6 is 0 Å². The minimum absolute atomic E-state index is 0.0937. The van der Waals surface area contributed by atoms with Gasteiger partial charge in [-0.1, -0.05) is 30.3 Å². The molecular formula is C12H8O3. The van der Waals surface area contributed by atoms with Crippen LogP contribution in [0.2, 0.25) is 0 Å². The van der Waals surface area contributed by atoms with Gasteiger partial charge >= 0.3 is 0 Å². The normalized spacial score (nSPS) is 9.87.